The first kappa shape index (κ1) is 25.4. The molecule has 11 nitrogen and oxygen atoms in total. The number of aromatic nitrogens is 6. The molecule has 2 aliphatic rings. The van der Waals surface area contributed by atoms with Crippen molar-refractivity contribution in [1.82, 2.24) is 28.7 Å². The summed E-state index contributed by atoms with van der Waals surface area (Å²) in [5.41, 5.74) is 1.90. The topological polar surface area (TPSA) is 136 Å². The molecule has 0 radical (unpaired) electrons. The van der Waals surface area contributed by atoms with Crippen LogP contribution < -0.4 is 10.3 Å². The number of Topliss-reactive ketones (excluding diaryl/α,β-unsaturated/α-hetero) is 1. The summed E-state index contributed by atoms with van der Waals surface area (Å²) in [6, 6.07) is 3.76. The van der Waals surface area contributed by atoms with Gasteiger partial charge in [-0.1, -0.05) is 6.92 Å². The fourth-order valence-corrected chi connectivity index (χ4v) is 5.79. The molecule has 6 rings (SSSR count). The molecular weight excluding hydrogens is 518 g/mol. The Hall–Kier alpha value is -3.93. The maximum atomic E-state index is 13.1. The Morgan fingerprint density at radius 2 is 1.92 bits per heavy atom. The summed E-state index contributed by atoms with van der Waals surface area (Å²) in [4.78, 5) is 49.4. The van der Waals surface area contributed by atoms with Crippen LogP contribution in [0, 0.1) is 19.8 Å². The van der Waals surface area contributed by atoms with Crippen molar-refractivity contribution in [3.63, 3.8) is 0 Å². The van der Waals surface area contributed by atoms with Crippen molar-refractivity contribution in [2.75, 3.05) is 18.0 Å². The van der Waals surface area contributed by atoms with Crippen LogP contribution in [-0.4, -0.2) is 58.6 Å². The van der Waals surface area contributed by atoms with Crippen LogP contribution in [0.25, 0.3) is 16.2 Å². The highest BCUT2D eigenvalue weighted by Gasteiger charge is 2.34. The van der Waals surface area contributed by atoms with Crippen LogP contribution in [0.5, 0.6) is 0 Å². The fourth-order valence-electron chi connectivity index (χ4n) is 5.06. The van der Waals surface area contributed by atoms with Gasteiger partial charge in [-0.2, -0.15) is 9.47 Å². The van der Waals surface area contributed by atoms with E-state index in [9.17, 15) is 19.5 Å². The number of hydrogen-bond donors (Lipinski definition) is 1. The van der Waals surface area contributed by atoms with Gasteiger partial charge in [-0.05, 0) is 50.8 Å². The molecule has 4 aromatic rings. The maximum Gasteiger partial charge on any atom is 0.341 e. The lowest BCUT2D eigenvalue weighted by atomic mass is 9.92. The molecule has 0 unspecified atom stereocenters. The highest BCUT2D eigenvalue weighted by atomic mass is 32.1. The number of fused-ring (bicyclic) bond motifs is 1. The summed E-state index contributed by atoms with van der Waals surface area (Å²) >= 11 is 1.16. The number of carboxylic acid groups (broad SMARTS) is 1. The van der Waals surface area contributed by atoms with E-state index in [2.05, 4.69) is 21.4 Å². The SMILES string of the molecule is CCCn1nc(CC(=O)C2CN(c3cc(C)c4c(=O)c(C(=O)O)cn(-c5nc(C6CC6)ns5)c4n3)C2)cc1C. The standard InChI is InChI=1S/C27H29N7O4S/c1-4-7-34-15(3)9-18(30-34)10-20(35)17-11-32(12-17)21-8-14(2)22-23(36)19(26(37)38)13-33(25(22)28-21)27-29-24(31-39-27)16-5-6-16/h8-9,13,16-17H,4-7,10-12H2,1-3H3,(H,37,38). The van der Waals surface area contributed by atoms with Gasteiger partial charge in [0.2, 0.25) is 10.6 Å². The van der Waals surface area contributed by atoms with E-state index in [4.69, 9.17) is 4.98 Å². The van der Waals surface area contributed by atoms with E-state index >= 15 is 0 Å². The molecule has 1 aliphatic carbocycles. The van der Waals surface area contributed by atoms with Gasteiger partial charge in [-0.3, -0.25) is 18.8 Å². The van der Waals surface area contributed by atoms with Gasteiger partial charge >= 0.3 is 5.97 Å². The Morgan fingerprint density at radius 1 is 1.15 bits per heavy atom. The second-order valence-electron chi connectivity index (χ2n) is 10.5. The number of nitrogens with zero attached hydrogens (tertiary/aromatic N) is 7. The third-order valence-corrected chi connectivity index (χ3v) is 8.17. The number of carboxylic acids is 1. The van der Waals surface area contributed by atoms with Gasteiger partial charge < -0.3 is 10.0 Å². The van der Waals surface area contributed by atoms with Crippen LogP contribution in [0.15, 0.2) is 23.1 Å². The molecule has 2 fully saturated rings. The molecule has 0 bridgehead atoms. The molecule has 1 saturated carbocycles. The number of rotatable bonds is 9. The number of ketones is 1. The molecular formula is C27H29N7O4S. The van der Waals surface area contributed by atoms with Gasteiger partial charge in [0.25, 0.3) is 0 Å². The summed E-state index contributed by atoms with van der Waals surface area (Å²) in [5, 5.41) is 15.0. The molecule has 1 aliphatic heterocycles. The van der Waals surface area contributed by atoms with Gasteiger partial charge in [-0.25, -0.2) is 14.8 Å². The Bertz CT molecular complexity index is 1680. The second kappa shape index (κ2) is 9.67. The first-order valence-corrected chi connectivity index (χ1v) is 14.0. The average molecular weight is 548 g/mol. The van der Waals surface area contributed by atoms with Crippen LogP contribution >= 0.6 is 11.5 Å². The zero-order chi connectivity index (χ0) is 27.4. The minimum absolute atomic E-state index is 0.125. The van der Waals surface area contributed by atoms with Gasteiger partial charge in [0.15, 0.2) is 5.65 Å². The van der Waals surface area contributed by atoms with Crippen LogP contribution in [0.2, 0.25) is 0 Å². The molecule has 4 aromatic heterocycles. The van der Waals surface area contributed by atoms with Crippen LogP contribution in [-0.2, 0) is 17.8 Å². The van der Waals surface area contributed by atoms with Crippen molar-refractivity contribution in [3.8, 4) is 5.13 Å². The lowest BCUT2D eigenvalue weighted by Crippen LogP contribution is -2.51. The molecule has 0 amide bonds. The summed E-state index contributed by atoms with van der Waals surface area (Å²) in [6.07, 6.45) is 4.66. The van der Waals surface area contributed by atoms with Gasteiger partial charge in [0, 0.05) is 49.0 Å². The normalized spacial score (nSPS) is 15.6. The van der Waals surface area contributed by atoms with Crippen molar-refractivity contribution in [3.05, 3.63) is 56.9 Å². The lowest BCUT2D eigenvalue weighted by molar-refractivity contribution is -0.123. The smallest absolute Gasteiger partial charge is 0.341 e. The molecule has 39 heavy (non-hydrogen) atoms. The van der Waals surface area contributed by atoms with E-state index in [1.165, 1.54) is 6.20 Å². The van der Waals surface area contributed by atoms with Gasteiger partial charge in [-0.15, -0.1) is 0 Å². The van der Waals surface area contributed by atoms with Crippen LogP contribution in [0.4, 0.5) is 5.82 Å². The molecule has 0 atom stereocenters. The predicted octanol–water partition coefficient (Wildman–Crippen LogP) is 3.28. The van der Waals surface area contributed by atoms with E-state index in [1.807, 2.05) is 22.6 Å². The molecule has 0 aromatic carbocycles. The largest absolute Gasteiger partial charge is 0.477 e. The molecule has 202 valence electrons. The lowest BCUT2D eigenvalue weighted by Gasteiger charge is -2.39. The third kappa shape index (κ3) is 4.62. The summed E-state index contributed by atoms with van der Waals surface area (Å²) in [7, 11) is 0. The van der Waals surface area contributed by atoms with Gasteiger partial charge in [0.1, 0.15) is 23.0 Å². The highest BCUT2D eigenvalue weighted by molar-refractivity contribution is 7.08. The van der Waals surface area contributed by atoms with Crippen molar-refractivity contribution in [2.24, 2.45) is 5.92 Å². The van der Waals surface area contributed by atoms with Crippen molar-refractivity contribution < 1.29 is 14.7 Å². The Morgan fingerprint density at radius 3 is 2.62 bits per heavy atom. The molecule has 0 spiro atoms. The van der Waals surface area contributed by atoms with E-state index in [0.29, 0.717) is 47.6 Å². The third-order valence-electron chi connectivity index (χ3n) is 7.44. The fraction of sp³-hybridized carbons (Fsp3) is 0.444. The maximum absolute atomic E-state index is 13.1. The van der Waals surface area contributed by atoms with E-state index in [0.717, 1.165) is 54.6 Å². The zero-order valence-electron chi connectivity index (χ0n) is 22.0. The van der Waals surface area contributed by atoms with Crippen LogP contribution in [0.1, 0.15) is 65.2 Å². The number of aromatic carboxylic acids is 1. The first-order chi connectivity index (χ1) is 18.7. The summed E-state index contributed by atoms with van der Waals surface area (Å²) < 4.78 is 7.96. The monoisotopic (exact) mass is 547 g/mol. The number of anilines is 1. The van der Waals surface area contributed by atoms with Crippen molar-refractivity contribution in [1.29, 1.82) is 0 Å². The zero-order valence-corrected chi connectivity index (χ0v) is 22.9. The minimum atomic E-state index is -1.30. The first-order valence-electron chi connectivity index (χ1n) is 13.2. The number of hydrogen-bond acceptors (Lipinski definition) is 9. The Kier molecular flexibility index (Phi) is 6.29. The summed E-state index contributed by atoms with van der Waals surface area (Å²) in [5.74, 6) is 0.435. The average Bonchev–Trinajstić information content (AvgIpc) is 3.49. The van der Waals surface area contributed by atoms with Crippen LogP contribution in [0.3, 0.4) is 0 Å². The van der Waals surface area contributed by atoms with E-state index in [-0.39, 0.29) is 22.7 Å². The predicted molar refractivity (Wildman–Crippen MR) is 146 cm³/mol. The summed E-state index contributed by atoms with van der Waals surface area (Å²) in [6.45, 7) is 7.76. The van der Waals surface area contributed by atoms with Crippen molar-refractivity contribution in [2.45, 2.75) is 58.9 Å². The number of pyridine rings is 2. The quantitative estimate of drug-likeness (QED) is 0.335. The molecule has 1 saturated heterocycles. The van der Waals surface area contributed by atoms with E-state index < -0.39 is 11.4 Å². The number of carbonyl (C=O) groups is 2. The molecule has 5 heterocycles. The number of carbonyl (C=O) groups excluding carboxylic acids is 1. The second-order valence-corrected chi connectivity index (χ2v) is 11.2. The highest BCUT2D eigenvalue weighted by Crippen LogP contribution is 2.39. The minimum Gasteiger partial charge on any atom is -0.477 e. The molecule has 12 heteroatoms. The van der Waals surface area contributed by atoms with Gasteiger partial charge in [0.05, 0.1) is 23.4 Å². The Balaban J connectivity index is 1.28. The Labute approximate surface area is 228 Å². The van der Waals surface area contributed by atoms with Crippen molar-refractivity contribution >= 4 is 40.1 Å². The molecule has 1 N–H and O–H groups in total. The number of aryl methyl sites for hydroxylation is 3. The van der Waals surface area contributed by atoms with E-state index in [1.54, 1.807) is 17.6 Å².